The van der Waals surface area contributed by atoms with E-state index in [1.165, 1.54) is 22.8 Å². The Hall–Kier alpha value is -2.21. The highest BCUT2D eigenvalue weighted by molar-refractivity contribution is 7.90. The first kappa shape index (κ1) is 18.1. The zero-order valence-electron chi connectivity index (χ0n) is 14.2. The van der Waals surface area contributed by atoms with Crippen LogP contribution < -0.4 is 5.56 Å². The molecule has 1 aromatic heterocycles. The maximum atomic E-state index is 12.4. The summed E-state index contributed by atoms with van der Waals surface area (Å²) in [7, 11) is -3.25. The fourth-order valence-electron chi connectivity index (χ4n) is 2.26. The van der Waals surface area contributed by atoms with E-state index >= 15 is 0 Å². The van der Waals surface area contributed by atoms with E-state index in [2.05, 4.69) is 0 Å². The highest BCUT2D eigenvalue weighted by Gasteiger charge is 2.23. The molecule has 0 N–H and O–H groups in total. The van der Waals surface area contributed by atoms with Crippen LogP contribution in [0.15, 0.2) is 52.3 Å². The number of pyridine rings is 1. The number of hydrogen-bond donors (Lipinski definition) is 0. The molecule has 2 aromatic rings. The average Bonchev–Trinajstić information content (AvgIpc) is 2.47. The number of carbonyl (C=O) groups excluding carboxylic acids is 1. The highest BCUT2D eigenvalue weighted by Crippen LogP contribution is 2.20. The van der Waals surface area contributed by atoms with Gasteiger partial charge >= 0.3 is 0 Å². The fraction of sp³-hybridized carbons (Fsp3) is 0.333. The Bertz CT molecular complexity index is 917. The molecule has 0 fully saturated rings. The summed E-state index contributed by atoms with van der Waals surface area (Å²) in [5.41, 5.74) is 0.520. The van der Waals surface area contributed by atoms with Crippen molar-refractivity contribution < 1.29 is 13.2 Å². The van der Waals surface area contributed by atoms with E-state index in [-0.39, 0.29) is 22.8 Å². The van der Waals surface area contributed by atoms with Crippen molar-refractivity contribution in [2.75, 3.05) is 6.26 Å². The highest BCUT2D eigenvalue weighted by atomic mass is 32.2. The molecule has 0 amide bonds. The second kappa shape index (κ2) is 6.36. The lowest BCUT2D eigenvalue weighted by Gasteiger charge is -2.17. The summed E-state index contributed by atoms with van der Waals surface area (Å²) >= 11 is 0. The van der Waals surface area contributed by atoms with E-state index in [4.69, 9.17) is 0 Å². The number of nitrogens with zero attached hydrogens (tertiary/aromatic N) is 1. The minimum absolute atomic E-state index is 0.0383. The number of ketones is 1. The van der Waals surface area contributed by atoms with Gasteiger partial charge in [0.25, 0.3) is 5.56 Å². The molecule has 0 aliphatic carbocycles. The predicted octanol–water partition coefficient (Wildman–Crippen LogP) is 2.53. The molecule has 0 spiro atoms. The van der Waals surface area contributed by atoms with Crippen molar-refractivity contribution >= 4 is 15.6 Å². The lowest BCUT2D eigenvalue weighted by molar-refractivity contribution is 0.0857. The van der Waals surface area contributed by atoms with Gasteiger partial charge in [0.1, 0.15) is 0 Å². The average molecular weight is 347 g/mol. The molecule has 0 saturated carbocycles. The number of benzene rings is 1. The van der Waals surface area contributed by atoms with Crippen molar-refractivity contribution in [2.45, 2.75) is 32.2 Å². The molecule has 0 unspecified atom stereocenters. The van der Waals surface area contributed by atoms with Crippen LogP contribution in [0.4, 0.5) is 0 Å². The van der Waals surface area contributed by atoms with Crippen molar-refractivity contribution in [1.82, 2.24) is 4.57 Å². The van der Waals surface area contributed by atoms with Crippen LogP contribution in [0.3, 0.4) is 0 Å². The van der Waals surface area contributed by atoms with Gasteiger partial charge in [0.05, 0.1) is 11.4 Å². The first-order valence-electron chi connectivity index (χ1n) is 7.53. The van der Waals surface area contributed by atoms with Gasteiger partial charge in [-0.1, -0.05) is 32.9 Å². The zero-order chi connectivity index (χ0) is 18.1. The fourth-order valence-corrected chi connectivity index (χ4v) is 2.89. The predicted molar refractivity (Wildman–Crippen MR) is 93.1 cm³/mol. The summed E-state index contributed by atoms with van der Waals surface area (Å²) in [6.07, 6.45) is 2.70. The minimum atomic E-state index is -3.25. The molecule has 0 aliphatic heterocycles. The Labute approximate surface area is 141 Å². The van der Waals surface area contributed by atoms with Crippen molar-refractivity contribution in [3.8, 4) is 0 Å². The molecule has 0 saturated heterocycles. The number of rotatable bonds is 4. The van der Waals surface area contributed by atoms with Crippen LogP contribution in [-0.4, -0.2) is 25.0 Å². The first-order chi connectivity index (χ1) is 11.0. The van der Waals surface area contributed by atoms with Crippen LogP contribution in [0.2, 0.25) is 0 Å². The Kier molecular flexibility index (Phi) is 4.80. The van der Waals surface area contributed by atoms with E-state index < -0.39 is 15.3 Å². The van der Waals surface area contributed by atoms with Crippen LogP contribution >= 0.6 is 0 Å². The van der Waals surface area contributed by atoms with Gasteiger partial charge in [-0.25, -0.2) is 8.42 Å². The van der Waals surface area contributed by atoms with E-state index in [0.29, 0.717) is 5.56 Å². The maximum absolute atomic E-state index is 12.4. The van der Waals surface area contributed by atoms with Gasteiger partial charge in [0.2, 0.25) is 0 Å². The lowest BCUT2D eigenvalue weighted by atomic mass is 9.87. The molecule has 2 rings (SSSR count). The number of carbonyl (C=O) groups is 1. The van der Waals surface area contributed by atoms with Crippen LogP contribution in [-0.2, 0) is 16.4 Å². The van der Waals surface area contributed by atoms with Crippen LogP contribution in [0.5, 0.6) is 0 Å². The Morgan fingerprint density at radius 3 is 2.12 bits per heavy atom. The van der Waals surface area contributed by atoms with E-state index in [0.717, 1.165) is 11.8 Å². The second-order valence-electron chi connectivity index (χ2n) is 6.88. The van der Waals surface area contributed by atoms with Crippen molar-refractivity contribution in [1.29, 1.82) is 0 Å². The minimum Gasteiger partial charge on any atom is -0.310 e. The Morgan fingerprint density at radius 1 is 1.04 bits per heavy atom. The normalized spacial score (nSPS) is 12.2. The monoisotopic (exact) mass is 347 g/mol. The molecule has 0 aliphatic rings. The van der Waals surface area contributed by atoms with Gasteiger partial charge in [-0.2, -0.15) is 0 Å². The SMILES string of the molecule is CC(C)(C)C(=O)c1ccc(=O)n(Cc2ccc(S(C)(=O)=O)cc2)c1. The topological polar surface area (TPSA) is 73.2 Å². The number of Topliss-reactive ketones (excluding diaryl/α,β-unsaturated/α-hetero) is 1. The van der Waals surface area contributed by atoms with Gasteiger partial charge in [-0.15, -0.1) is 0 Å². The van der Waals surface area contributed by atoms with Gasteiger partial charge in [-0.3, -0.25) is 9.59 Å². The van der Waals surface area contributed by atoms with E-state index in [1.54, 1.807) is 24.4 Å². The molecule has 5 nitrogen and oxygen atoms in total. The van der Waals surface area contributed by atoms with Gasteiger partial charge in [0, 0.05) is 29.5 Å². The van der Waals surface area contributed by atoms with Crippen LogP contribution in [0, 0.1) is 5.41 Å². The third-order valence-corrected chi connectivity index (χ3v) is 4.76. The molecule has 1 heterocycles. The number of sulfone groups is 1. The molecule has 6 heteroatoms. The Morgan fingerprint density at radius 2 is 1.62 bits per heavy atom. The van der Waals surface area contributed by atoms with Crippen LogP contribution in [0.1, 0.15) is 36.7 Å². The summed E-state index contributed by atoms with van der Waals surface area (Å²) < 4.78 is 24.4. The standard InChI is InChI=1S/C18H21NO4S/c1-18(2,3)17(21)14-7-10-16(20)19(12-14)11-13-5-8-15(9-6-13)24(4,22)23/h5-10,12H,11H2,1-4H3. The van der Waals surface area contributed by atoms with Crippen LogP contribution in [0.25, 0.3) is 0 Å². The molecule has 0 bridgehead atoms. The van der Waals surface area contributed by atoms with Crippen molar-refractivity contribution in [3.63, 3.8) is 0 Å². The smallest absolute Gasteiger partial charge is 0.250 e. The number of hydrogen-bond acceptors (Lipinski definition) is 4. The summed E-state index contributed by atoms with van der Waals surface area (Å²) in [4.78, 5) is 24.6. The zero-order valence-corrected chi connectivity index (χ0v) is 15.1. The van der Waals surface area contributed by atoms with Gasteiger partial charge in [0.15, 0.2) is 15.6 Å². The molecule has 0 atom stereocenters. The lowest BCUT2D eigenvalue weighted by Crippen LogP contribution is -2.25. The molecular formula is C18H21NO4S. The van der Waals surface area contributed by atoms with Crippen molar-refractivity contribution in [3.05, 3.63) is 64.1 Å². The van der Waals surface area contributed by atoms with Gasteiger partial charge < -0.3 is 4.57 Å². The molecule has 0 radical (unpaired) electrons. The maximum Gasteiger partial charge on any atom is 0.250 e. The van der Waals surface area contributed by atoms with E-state index in [9.17, 15) is 18.0 Å². The number of aromatic nitrogens is 1. The second-order valence-corrected chi connectivity index (χ2v) is 8.89. The summed E-state index contributed by atoms with van der Waals surface area (Å²) in [6, 6.07) is 9.28. The molecule has 128 valence electrons. The molecular weight excluding hydrogens is 326 g/mol. The first-order valence-corrected chi connectivity index (χ1v) is 9.42. The Balaban J connectivity index is 2.33. The summed E-state index contributed by atoms with van der Waals surface area (Å²) in [6.45, 7) is 5.76. The summed E-state index contributed by atoms with van der Waals surface area (Å²) in [5, 5.41) is 0. The third kappa shape index (κ3) is 4.20. The largest absolute Gasteiger partial charge is 0.310 e. The molecule has 1 aromatic carbocycles. The molecule has 24 heavy (non-hydrogen) atoms. The summed E-state index contributed by atoms with van der Waals surface area (Å²) in [5.74, 6) is -0.0383. The third-order valence-electron chi connectivity index (χ3n) is 3.63. The quantitative estimate of drug-likeness (QED) is 0.797. The van der Waals surface area contributed by atoms with Gasteiger partial charge in [-0.05, 0) is 23.8 Å². The van der Waals surface area contributed by atoms with Crippen molar-refractivity contribution in [2.24, 2.45) is 5.41 Å². The van der Waals surface area contributed by atoms with E-state index in [1.807, 2.05) is 20.8 Å².